The maximum absolute atomic E-state index is 17.1. The summed E-state index contributed by atoms with van der Waals surface area (Å²) >= 11 is -2.01. The molecule has 13 heteroatoms. The van der Waals surface area contributed by atoms with E-state index in [0.717, 1.165) is 32.2 Å². The first-order valence-corrected chi connectivity index (χ1v) is 16.7. The van der Waals surface area contributed by atoms with Crippen LogP contribution in [0.4, 0.5) is 19.0 Å². The number of phenols is 1. The molecular formula is C33H33F3N6O3S. The zero-order chi connectivity index (χ0) is 31.9. The van der Waals surface area contributed by atoms with Crippen molar-refractivity contribution in [3.63, 3.8) is 0 Å². The second-order valence-electron chi connectivity index (χ2n) is 13.0. The van der Waals surface area contributed by atoms with Gasteiger partial charge in [-0.05, 0) is 55.8 Å². The van der Waals surface area contributed by atoms with E-state index in [1.807, 2.05) is 4.90 Å². The largest absolute Gasteiger partial charge is 0.588 e. The van der Waals surface area contributed by atoms with Crippen LogP contribution in [0.1, 0.15) is 48.9 Å². The molecule has 1 aromatic heterocycles. The van der Waals surface area contributed by atoms with Crippen molar-refractivity contribution in [1.82, 2.24) is 24.5 Å². The molecule has 5 aliphatic rings. The van der Waals surface area contributed by atoms with Crippen LogP contribution < -0.4 is 15.0 Å². The van der Waals surface area contributed by atoms with Crippen LogP contribution in [-0.2, 0) is 11.4 Å². The van der Waals surface area contributed by atoms with Gasteiger partial charge in [0.25, 0.3) is 4.90 Å². The number of rotatable bonds is 5. The molecule has 4 fully saturated rings. The molecule has 240 valence electrons. The minimum Gasteiger partial charge on any atom is -0.588 e. The Labute approximate surface area is 267 Å². The second kappa shape index (κ2) is 10.9. The Morgan fingerprint density at radius 2 is 1.98 bits per heavy atom. The van der Waals surface area contributed by atoms with Crippen LogP contribution in [0.25, 0.3) is 22.3 Å². The van der Waals surface area contributed by atoms with Gasteiger partial charge in [0.1, 0.15) is 41.4 Å². The van der Waals surface area contributed by atoms with Crippen LogP contribution in [0.5, 0.6) is 11.8 Å². The molecule has 5 aliphatic heterocycles. The topological polar surface area (TPSA) is 100 Å². The Bertz CT molecular complexity index is 1820. The average Bonchev–Trinajstić information content (AvgIpc) is 3.68. The van der Waals surface area contributed by atoms with Gasteiger partial charge < -0.3 is 24.6 Å². The summed E-state index contributed by atoms with van der Waals surface area (Å²) < 4.78 is 68.3. The standard InChI is InChI=1S/C33H33F3N6O3S/c1-3-23-25(35)8-5-18-11-22(43)12-24(26(18)23)29-27(36)28-30(46(44)40(29)2)31(41-15-20-6-7-21(16-41)37-20)39-32(38-28)45-17-33-9-4-10-42(33)14-19(34)13-33/h1,5,8,11-12,19-21,37,43H,4,6-7,9-10,13-17H2,2H3/t19-,20?,21?,33+,46?/m1/s1. The number of hydrogen-bond donors (Lipinski definition) is 2. The van der Waals surface area contributed by atoms with Crippen LogP contribution in [0, 0.1) is 18.2 Å². The maximum Gasteiger partial charge on any atom is 0.319 e. The summed E-state index contributed by atoms with van der Waals surface area (Å²) in [6.07, 6.45) is 8.77. The Balaban J connectivity index is 1.29. The minimum atomic E-state index is -2.01. The van der Waals surface area contributed by atoms with E-state index in [0.29, 0.717) is 37.3 Å². The third-order valence-electron chi connectivity index (χ3n) is 10.2. The lowest BCUT2D eigenvalue weighted by Crippen LogP contribution is -2.52. The Hall–Kier alpha value is -3.70. The fourth-order valence-electron chi connectivity index (χ4n) is 8.14. The van der Waals surface area contributed by atoms with Crippen LogP contribution in [0.15, 0.2) is 29.2 Å². The Kier molecular flexibility index (Phi) is 7.06. The lowest BCUT2D eigenvalue weighted by atomic mass is 9.95. The molecule has 3 aromatic rings. The smallest absolute Gasteiger partial charge is 0.319 e. The van der Waals surface area contributed by atoms with Crippen LogP contribution in [0.3, 0.4) is 0 Å². The van der Waals surface area contributed by atoms with Gasteiger partial charge in [0, 0.05) is 49.1 Å². The number of aromatic hydroxyl groups is 1. The minimum absolute atomic E-state index is 0.0738. The predicted octanol–water partition coefficient (Wildman–Crippen LogP) is 4.11. The highest BCUT2D eigenvalue weighted by Crippen LogP contribution is 2.47. The van der Waals surface area contributed by atoms with Gasteiger partial charge in [0.15, 0.2) is 17.3 Å². The number of nitrogens with one attached hydrogen (secondary N) is 1. The molecule has 2 bridgehead atoms. The van der Waals surface area contributed by atoms with E-state index in [9.17, 15) is 18.4 Å². The van der Waals surface area contributed by atoms with Gasteiger partial charge in [0.2, 0.25) is 0 Å². The molecule has 0 amide bonds. The van der Waals surface area contributed by atoms with E-state index >= 15 is 4.39 Å². The number of alkyl halides is 1. The van der Waals surface area contributed by atoms with Crippen molar-refractivity contribution in [2.24, 2.45) is 0 Å². The zero-order valence-electron chi connectivity index (χ0n) is 25.2. The molecule has 2 N–H and O–H groups in total. The van der Waals surface area contributed by atoms with Crippen molar-refractivity contribution in [2.75, 3.05) is 44.7 Å². The first kappa shape index (κ1) is 29.7. The van der Waals surface area contributed by atoms with Crippen LogP contribution in [0.2, 0.25) is 0 Å². The first-order chi connectivity index (χ1) is 22.2. The monoisotopic (exact) mass is 650 g/mol. The van der Waals surface area contributed by atoms with Crippen molar-refractivity contribution in [1.29, 1.82) is 0 Å². The van der Waals surface area contributed by atoms with E-state index in [1.54, 1.807) is 0 Å². The number of phenolic OH excluding ortho intramolecular Hbond substituents is 1. The summed E-state index contributed by atoms with van der Waals surface area (Å²) in [5.41, 5.74) is -0.884. The summed E-state index contributed by atoms with van der Waals surface area (Å²) in [6.45, 7) is 2.45. The number of terminal acetylenes is 1. The van der Waals surface area contributed by atoms with Gasteiger partial charge in [-0.3, -0.25) is 4.90 Å². The molecule has 4 saturated heterocycles. The number of hydrogen-bond acceptors (Lipinski definition) is 9. The lowest BCUT2D eigenvalue weighted by molar-refractivity contribution is 0.107. The summed E-state index contributed by atoms with van der Waals surface area (Å²) in [5, 5.41) is 14.8. The van der Waals surface area contributed by atoms with E-state index in [1.165, 1.54) is 35.6 Å². The molecule has 0 saturated carbocycles. The van der Waals surface area contributed by atoms with Gasteiger partial charge in [-0.2, -0.15) is 14.3 Å². The SMILES string of the molecule is C#Cc1c(F)ccc2cc(O)cc(C3=C(F)c4nc(OC[C@@]56CCCN5C[C@H](F)C6)nc(N5CC6CCC(C5)N6)c4[S+]([O-])N3C)c12. The Morgan fingerprint density at radius 1 is 1.20 bits per heavy atom. The summed E-state index contributed by atoms with van der Waals surface area (Å²) in [4.78, 5) is 13.5. The molecular weight excluding hydrogens is 617 g/mol. The molecule has 46 heavy (non-hydrogen) atoms. The third-order valence-corrected chi connectivity index (χ3v) is 11.6. The number of benzene rings is 2. The summed E-state index contributed by atoms with van der Waals surface area (Å²) in [6, 6.07) is 5.66. The third kappa shape index (κ3) is 4.60. The van der Waals surface area contributed by atoms with Crippen LogP contribution in [-0.4, -0.2) is 92.5 Å². The van der Waals surface area contributed by atoms with Crippen LogP contribution >= 0.6 is 0 Å². The van der Waals surface area contributed by atoms with Gasteiger partial charge >= 0.3 is 6.01 Å². The van der Waals surface area contributed by atoms with E-state index in [-0.39, 0.29) is 63.3 Å². The normalized spacial score (nSPS) is 29.0. The number of halogens is 3. The van der Waals surface area contributed by atoms with Gasteiger partial charge in [-0.1, -0.05) is 12.0 Å². The molecule has 9 nitrogen and oxygen atoms in total. The zero-order valence-corrected chi connectivity index (χ0v) is 26.0. The first-order valence-electron chi connectivity index (χ1n) is 15.6. The summed E-state index contributed by atoms with van der Waals surface area (Å²) in [7, 11) is 1.47. The van der Waals surface area contributed by atoms with Crippen molar-refractivity contribution in [3.05, 3.63) is 46.9 Å². The molecule has 0 spiro atoms. The highest BCUT2D eigenvalue weighted by Gasteiger charge is 2.50. The van der Waals surface area contributed by atoms with E-state index < -0.39 is 34.7 Å². The molecule has 0 radical (unpaired) electrons. The average molecular weight is 651 g/mol. The fourth-order valence-corrected chi connectivity index (χ4v) is 9.39. The predicted molar refractivity (Wildman–Crippen MR) is 168 cm³/mol. The molecule has 2 aromatic carbocycles. The highest BCUT2D eigenvalue weighted by molar-refractivity contribution is 7.89. The van der Waals surface area contributed by atoms with Crippen molar-refractivity contribution in [2.45, 2.75) is 60.8 Å². The molecule has 0 aliphatic carbocycles. The van der Waals surface area contributed by atoms with Gasteiger partial charge in [-0.15, -0.1) is 6.42 Å². The number of ether oxygens (including phenoxy) is 1. The Morgan fingerprint density at radius 3 is 2.74 bits per heavy atom. The number of fused-ring (bicyclic) bond motifs is 5. The fraction of sp³-hybridized carbons (Fsp3) is 0.455. The number of aromatic nitrogens is 2. The molecule has 8 rings (SSSR count). The van der Waals surface area contributed by atoms with Crippen molar-refractivity contribution in [3.8, 4) is 24.1 Å². The maximum atomic E-state index is 17.1. The van der Waals surface area contributed by atoms with E-state index in [2.05, 4.69) is 21.1 Å². The number of nitrogens with zero attached hydrogens (tertiary/aromatic N) is 5. The molecule has 5 atom stereocenters. The molecule has 3 unspecified atom stereocenters. The highest BCUT2D eigenvalue weighted by atomic mass is 32.2. The van der Waals surface area contributed by atoms with E-state index in [4.69, 9.17) is 16.1 Å². The molecule has 6 heterocycles. The van der Waals surface area contributed by atoms with Crippen molar-refractivity contribution < 1.29 is 27.6 Å². The number of piperazine rings is 1. The quantitative estimate of drug-likeness (QED) is 0.312. The summed E-state index contributed by atoms with van der Waals surface area (Å²) in [5.74, 6) is 0.955. The van der Waals surface area contributed by atoms with Gasteiger partial charge in [-0.25, -0.2) is 13.2 Å². The van der Waals surface area contributed by atoms with Gasteiger partial charge in [0.05, 0.1) is 18.2 Å². The van der Waals surface area contributed by atoms with Crippen molar-refractivity contribution >= 4 is 39.5 Å². The second-order valence-corrected chi connectivity index (χ2v) is 14.4. The number of anilines is 1. The lowest BCUT2D eigenvalue weighted by Gasteiger charge is -2.37.